The van der Waals surface area contributed by atoms with Crippen LogP contribution in [0.5, 0.6) is 5.75 Å². The summed E-state index contributed by atoms with van der Waals surface area (Å²) in [5.41, 5.74) is 0.709. The molecule has 1 aliphatic rings. The molecule has 1 amide bonds. The van der Waals surface area contributed by atoms with Gasteiger partial charge in [0.1, 0.15) is 12.4 Å². The van der Waals surface area contributed by atoms with E-state index in [-0.39, 0.29) is 5.91 Å². The van der Waals surface area contributed by atoms with E-state index < -0.39 is 0 Å². The van der Waals surface area contributed by atoms with Gasteiger partial charge in [0.15, 0.2) is 0 Å². The highest BCUT2D eigenvalue weighted by atomic mass is 32.2. The number of nitrogens with one attached hydrogen (secondary N) is 1. The van der Waals surface area contributed by atoms with Gasteiger partial charge < -0.3 is 14.8 Å². The van der Waals surface area contributed by atoms with Gasteiger partial charge >= 0.3 is 0 Å². The van der Waals surface area contributed by atoms with Crippen LogP contribution in [0.25, 0.3) is 10.8 Å². The summed E-state index contributed by atoms with van der Waals surface area (Å²) in [5, 5.41) is 5.30. The molecule has 1 heterocycles. The maximum absolute atomic E-state index is 12.6. The van der Waals surface area contributed by atoms with Gasteiger partial charge in [0.2, 0.25) is 0 Å². The van der Waals surface area contributed by atoms with Gasteiger partial charge in [-0.15, -0.1) is 11.8 Å². The van der Waals surface area contributed by atoms with Crippen molar-refractivity contribution in [1.29, 1.82) is 0 Å². The lowest BCUT2D eigenvalue weighted by Crippen LogP contribution is -2.28. The second-order valence-corrected chi connectivity index (χ2v) is 8.12. The summed E-state index contributed by atoms with van der Waals surface area (Å²) in [7, 11) is 0. The number of hydrogen-bond donors (Lipinski definition) is 1. The molecule has 4 rings (SSSR count). The number of ether oxygens (including phenoxy) is 2. The molecule has 1 N–H and O–H groups in total. The predicted octanol–water partition coefficient (Wildman–Crippen LogP) is 4.92. The minimum atomic E-state index is -0.0671. The third kappa shape index (κ3) is 5.31. The Morgan fingerprint density at radius 1 is 1.07 bits per heavy atom. The van der Waals surface area contributed by atoms with Gasteiger partial charge in [0, 0.05) is 17.3 Å². The highest BCUT2D eigenvalue weighted by Crippen LogP contribution is 2.26. The van der Waals surface area contributed by atoms with Crippen molar-refractivity contribution in [2.45, 2.75) is 23.8 Å². The Balaban J connectivity index is 1.27. The first kappa shape index (κ1) is 19.8. The lowest BCUT2D eigenvalue weighted by molar-refractivity contribution is 0.0944. The highest BCUT2D eigenvalue weighted by Gasteiger charge is 2.17. The molecule has 0 spiro atoms. The van der Waals surface area contributed by atoms with Crippen molar-refractivity contribution in [3.8, 4) is 5.75 Å². The highest BCUT2D eigenvalue weighted by molar-refractivity contribution is 7.99. The molecule has 0 bridgehead atoms. The van der Waals surface area contributed by atoms with E-state index in [4.69, 9.17) is 9.47 Å². The van der Waals surface area contributed by atoms with Crippen molar-refractivity contribution in [2.24, 2.45) is 0 Å². The fourth-order valence-corrected chi connectivity index (χ4v) is 4.54. The zero-order valence-corrected chi connectivity index (χ0v) is 17.1. The zero-order chi connectivity index (χ0) is 19.9. The van der Waals surface area contributed by atoms with E-state index in [1.807, 2.05) is 54.6 Å². The third-order valence-electron chi connectivity index (χ3n) is 4.96. The van der Waals surface area contributed by atoms with Crippen LogP contribution in [0.2, 0.25) is 0 Å². The summed E-state index contributed by atoms with van der Waals surface area (Å²) in [6.07, 6.45) is 2.53. The first-order valence-electron chi connectivity index (χ1n) is 10.0. The van der Waals surface area contributed by atoms with Gasteiger partial charge in [-0.25, -0.2) is 0 Å². The molecular formula is C24H25NO3S. The largest absolute Gasteiger partial charge is 0.492 e. The van der Waals surface area contributed by atoms with E-state index in [1.165, 1.54) is 5.39 Å². The van der Waals surface area contributed by atoms with Crippen molar-refractivity contribution in [2.75, 3.05) is 25.5 Å². The Morgan fingerprint density at radius 2 is 1.90 bits per heavy atom. The van der Waals surface area contributed by atoms with E-state index in [0.29, 0.717) is 24.8 Å². The van der Waals surface area contributed by atoms with Gasteiger partial charge in [-0.05, 0) is 47.9 Å². The van der Waals surface area contributed by atoms with E-state index in [1.54, 1.807) is 11.8 Å². The maximum Gasteiger partial charge on any atom is 0.252 e. The number of rotatable bonds is 8. The van der Waals surface area contributed by atoms with Crippen LogP contribution in [0.1, 0.15) is 23.2 Å². The van der Waals surface area contributed by atoms with E-state index in [9.17, 15) is 4.79 Å². The Labute approximate surface area is 175 Å². The van der Waals surface area contributed by atoms with E-state index >= 15 is 0 Å². The normalized spacial score (nSPS) is 16.1. The van der Waals surface area contributed by atoms with Crippen LogP contribution in [0.3, 0.4) is 0 Å². The summed E-state index contributed by atoms with van der Waals surface area (Å²) >= 11 is 1.69. The number of fused-ring (bicyclic) bond motifs is 1. The topological polar surface area (TPSA) is 47.6 Å². The average molecular weight is 408 g/mol. The molecule has 150 valence electrons. The van der Waals surface area contributed by atoms with Crippen LogP contribution in [-0.4, -0.2) is 37.5 Å². The Kier molecular flexibility index (Phi) is 6.70. The average Bonchev–Trinajstić information content (AvgIpc) is 3.29. The molecule has 29 heavy (non-hydrogen) atoms. The number of carbonyl (C=O) groups excluding carboxylic acids is 1. The number of benzene rings is 3. The third-order valence-corrected chi connectivity index (χ3v) is 6.16. The number of hydrogen-bond acceptors (Lipinski definition) is 4. The minimum absolute atomic E-state index is 0.0671. The van der Waals surface area contributed by atoms with Gasteiger partial charge in [0.25, 0.3) is 5.91 Å². The molecule has 5 heteroatoms. The smallest absolute Gasteiger partial charge is 0.252 e. The Morgan fingerprint density at radius 3 is 2.76 bits per heavy atom. The number of carbonyl (C=O) groups is 1. The summed E-state index contributed by atoms with van der Waals surface area (Å²) < 4.78 is 11.5. The fraction of sp³-hybridized carbons (Fsp3) is 0.292. The SMILES string of the molecule is O=C(NCCOc1ccc2ccccc2c1)c1ccccc1SCC1CCCO1. The zero-order valence-electron chi connectivity index (χ0n) is 16.3. The molecule has 3 aromatic carbocycles. The van der Waals surface area contributed by atoms with E-state index in [2.05, 4.69) is 17.4 Å². The molecule has 0 aliphatic carbocycles. The van der Waals surface area contributed by atoms with Gasteiger partial charge in [-0.3, -0.25) is 4.79 Å². The maximum atomic E-state index is 12.6. The molecule has 0 radical (unpaired) electrons. The second kappa shape index (κ2) is 9.81. The van der Waals surface area contributed by atoms with E-state index in [0.717, 1.165) is 41.2 Å². The van der Waals surface area contributed by atoms with Crippen molar-refractivity contribution in [1.82, 2.24) is 5.32 Å². The van der Waals surface area contributed by atoms with Crippen LogP contribution >= 0.6 is 11.8 Å². The molecule has 0 saturated carbocycles. The molecule has 1 unspecified atom stereocenters. The Hall–Kier alpha value is -2.50. The molecule has 0 aromatic heterocycles. The fourth-order valence-electron chi connectivity index (χ4n) is 3.42. The summed E-state index contributed by atoms with van der Waals surface area (Å²) in [5.74, 6) is 1.63. The van der Waals surface area contributed by atoms with Crippen molar-refractivity contribution in [3.63, 3.8) is 0 Å². The molecule has 1 atom stereocenters. The number of amides is 1. The van der Waals surface area contributed by atoms with Gasteiger partial charge in [0.05, 0.1) is 18.2 Å². The van der Waals surface area contributed by atoms with Crippen LogP contribution in [0, 0.1) is 0 Å². The first-order valence-corrected chi connectivity index (χ1v) is 11.0. The first-order chi connectivity index (χ1) is 14.3. The van der Waals surface area contributed by atoms with Crippen LogP contribution in [0.4, 0.5) is 0 Å². The van der Waals surface area contributed by atoms with Crippen LogP contribution < -0.4 is 10.1 Å². The molecule has 1 aliphatic heterocycles. The van der Waals surface area contributed by atoms with Crippen LogP contribution in [-0.2, 0) is 4.74 Å². The van der Waals surface area contributed by atoms with Crippen molar-refractivity contribution < 1.29 is 14.3 Å². The van der Waals surface area contributed by atoms with Crippen molar-refractivity contribution in [3.05, 3.63) is 72.3 Å². The molecular weight excluding hydrogens is 382 g/mol. The minimum Gasteiger partial charge on any atom is -0.492 e. The molecule has 1 saturated heterocycles. The van der Waals surface area contributed by atoms with Gasteiger partial charge in [-0.1, -0.05) is 42.5 Å². The van der Waals surface area contributed by atoms with Gasteiger partial charge in [-0.2, -0.15) is 0 Å². The molecule has 3 aromatic rings. The standard InChI is InChI=1S/C24H25NO3S/c26-24(22-9-3-4-10-23(22)29-17-21-8-5-14-27-21)25-13-15-28-20-12-11-18-6-1-2-7-19(18)16-20/h1-4,6-7,9-12,16,21H,5,8,13-15,17H2,(H,25,26). The predicted molar refractivity (Wildman–Crippen MR) is 118 cm³/mol. The quantitative estimate of drug-likeness (QED) is 0.425. The summed E-state index contributed by atoms with van der Waals surface area (Å²) in [6, 6.07) is 21.9. The summed E-state index contributed by atoms with van der Waals surface area (Å²) in [4.78, 5) is 13.6. The van der Waals surface area contributed by atoms with Crippen LogP contribution in [0.15, 0.2) is 71.6 Å². The lowest BCUT2D eigenvalue weighted by atomic mass is 10.1. The molecule has 4 nitrogen and oxygen atoms in total. The van der Waals surface area contributed by atoms with Crippen molar-refractivity contribution >= 4 is 28.4 Å². The Bertz CT molecular complexity index is 969. The second-order valence-electron chi connectivity index (χ2n) is 7.06. The molecule has 1 fully saturated rings. The summed E-state index contributed by atoms with van der Waals surface area (Å²) in [6.45, 7) is 1.73. The lowest BCUT2D eigenvalue weighted by Gasteiger charge is -2.13. The number of thioether (sulfide) groups is 1. The monoisotopic (exact) mass is 407 g/mol.